The zero-order valence-corrected chi connectivity index (χ0v) is 10.9. The second-order valence-electron chi connectivity index (χ2n) is 4.98. The van der Waals surface area contributed by atoms with E-state index in [4.69, 9.17) is 13.9 Å². The zero-order chi connectivity index (χ0) is 13.2. The fourth-order valence-electron chi connectivity index (χ4n) is 1.93. The minimum absolute atomic E-state index is 0.0780. The molecule has 100 valence electrons. The molecule has 2 heterocycles. The van der Waals surface area contributed by atoms with E-state index in [1.54, 1.807) is 18.4 Å². The largest absolute Gasteiger partial charge is 0.469 e. The van der Waals surface area contributed by atoms with E-state index in [0.717, 1.165) is 0 Å². The first-order valence-electron chi connectivity index (χ1n) is 6.10. The minimum atomic E-state index is -0.565. The number of hydrogen-bond acceptors (Lipinski definition) is 4. The van der Waals surface area contributed by atoms with E-state index in [2.05, 4.69) is 5.32 Å². The Labute approximate surface area is 106 Å². The lowest BCUT2D eigenvalue weighted by Gasteiger charge is -2.22. The number of amides is 1. The average molecular weight is 253 g/mol. The lowest BCUT2D eigenvalue weighted by Crippen LogP contribution is -2.43. The van der Waals surface area contributed by atoms with Gasteiger partial charge in [-0.25, -0.2) is 0 Å². The molecule has 1 aromatic rings. The highest BCUT2D eigenvalue weighted by Crippen LogP contribution is 2.24. The number of furan rings is 1. The summed E-state index contributed by atoms with van der Waals surface area (Å²) in [4.78, 5) is 11.8. The Morgan fingerprint density at radius 3 is 2.94 bits per heavy atom. The average Bonchev–Trinajstić information content (AvgIpc) is 2.87. The number of nitrogens with one attached hydrogen (secondary N) is 1. The Kier molecular flexibility index (Phi) is 3.73. The van der Waals surface area contributed by atoms with Crippen molar-refractivity contribution in [1.29, 1.82) is 0 Å². The molecular weight excluding hydrogens is 234 g/mol. The van der Waals surface area contributed by atoms with E-state index < -0.39 is 5.79 Å². The molecule has 0 aliphatic carbocycles. The van der Waals surface area contributed by atoms with E-state index in [9.17, 15) is 4.79 Å². The third kappa shape index (κ3) is 3.34. The van der Waals surface area contributed by atoms with Crippen molar-refractivity contribution >= 4 is 5.91 Å². The number of ether oxygens (including phenoxy) is 2. The summed E-state index contributed by atoms with van der Waals surface area (Å²) in [5.74, 6) is 0.0133. The van der Waals surface area contributed by atoms with Gasteiger partial charge < -0.3 is 19.2 Å². The summed E-state index contributed by atoms with van der Waals surface area (Å²) >= 11 is 0. The second kappa shape index (κ2) is 5.12. The minimum Gasteiger partial charge on any atom is -0.469 e. The number of carbonyl (C=O) groups excluding carboxylic acids is 1. The van der Waals surface area contributed by atoms with Crippen LogP contribution in [0.25, 0.3) is 0 Å². The van der Waals surface area contributed by atoms with Crippen LogP contribution in [0.1, 0.15) is 26.5 Å². The van der Waals surface area contributed by atoms with Crippen molar-refractivity contribution in [3.8, 4) is 0 Å². The summed E-state index contributed by atoms with van der Waals surface area (Å²) in [6.07, 6.45) is 1.69. The number of carbonyl (C=O) groups is 1. The summed E-state index contributed by atoms with van der Waals surface area (Å²) in [5, 5.41) is 2.89. The van der Waals surface area contributed by atoms with E-state index >= 15 is 0 Å². The van der Waals surface area contributed by atoms with Gasteiger partial charge in [-0.2, -0.15) is 0 Å². The standard InChI is InChI=1S/C13H19NO4/c1-9(11-8-17-13(2,3)18-11)14-12(15)7-10-5-4-6-16-10/h4-6,9,11H,7-8H2,1-3H3,(H,14,15)/t9-,11+/m0/s1. The predicted molar refractivity (Wildman–Crippen MR) is 64.9 cm³/mol. The van der Waals surface area contributed by atoms with Crippen molar-refractivity contribution in [1.82, 2.24) is 5.32 Å². The van der Waals surface area contributed by atoms with Gasteiger partial charge in [0.15, 0.2) is 5.79 Å². The van der Waals surface area contributed by atoms with Crippen LogP contribution < -0.4 is 5.32 Å². The lowest BCUT2D eigenvalue weighted by atomic mass is 10.2. The summed E-state index contributed by atoms with van der Waals surface area (Å²) in [6, 6.07) is 3.46. The quantitative estimate of drug-likeness (QED) is 0.883. The van der Waals surface area contributed by atoms with Gasteiger partial charge in [-0.3, -0.25) is 4.79 Å². The number of hydrogen-bond donors (Lipinski definition) is 1. The molecule has 1 aliphatic heterocycles. The summed E-state index contributed by atoms with van der Waals surface area (Å²) in [6.45, 7) is 6.14. The van der Waals surface area contributed by atoms with Crippen molar-refractivity contribution in [2.75, 3.05) is 6.61 Å². The van der Waals surface area contributed by atoms with E-state index in [1.807, 2.05) is 20.8 Å². The van der Waals surface area contributed by atoms with Gasteiger partial charge in [0.1, 0.15) is 11.9 Å². The van der Waals surface area contributed by atoms with Crippen LogP contribution in [0.4, 0.5) is 0 Å². The highest BCUT2D eigenvalue weighted by Gasteiger charge is 2.36. The van der Waals surface area contributed by atoms with Crippen LogP contribution in [0.2, 0.25) is 0 Å². The molecule has 0 saturated carbocycles. The Morgan fingerprint density at radius 1 is 1.61 bits per heavy atom. The molecule has 1 aromatic heterocycles. The van der Waals surface area contributed by atoms with Gasteiger partial charge in [-0.05, 0) is 32.9 Å². The SMILES string of the molecule is C[C@H](NC(=O)Cc1ccco1)[C@H]1COC(C)(C)O1. The molecular formula is C13H19NO4. The molecule has 0 spiro atoms. The van der Waals surface area contributed by atoms with Crippen molar-refractivity contribution in [3.63, 3.8) is 0 Å². The third-order valence-corrected chi connectivity index (χ3v) is 2.89. The number of rotatable bonds is 4. The topological polar surface area (TPSA) is 60.7 Å². The van der Waals surface area contributed by atoms with Crippen LogP contribution in [0.5, 0.6) is 0 Å². The highest BCUT2D eigenvalue weighted by atomic mass is 16.7. The molecule has 18 heavy (non-hydrogen) atoms. The van der Waals surface area contributed by atoms with Crippen molar-refractivity contribution in [2.45, 2.75) is 45.1 Å². The van der Waals surface area contributed by atoms with Gasteiger partial charge in [0.05, 0.1) is 25.3 Å². The molecule has 1 aliphatic rings. The Morgan fingerprint density at radius 2 is 2.39 bits per heavy atom. The molecule has 0 unspecified atom stereocenters. The van der Waals surface area contributed by atoms with Gasteiger partial charge in [-0.15, -0.1) is 0 Å². The third-order valence-electron chi connectivity index (χ3n) is 2.89. The molecule has 1 fully saturated rings. The van der Waals surface area contributed by atoms with Gasteiger partial charge in [0, 0.05) is 0 Å². The fraction of sp³-hybridized carbons (Fsp3) is 0.615. The summed E-state index contributed by atoms with van der Waals surface area (Å²) in [5.41, 5.74) is 0. The normalized spacial score (nSPS) is 23.8. The van der Waals surface area contributed by atoms with Crippen molar-refractivity contribution < 1.29 is 18.7 Å². The smallest absolute Gasteiger partial charge is 0.227 e. The highest BCUT2D eigenvalue weighted by molar-refractivity contribution is 5.78. The summed E-state index contributed by atoms with van der Waals surface area (Å²) < 4.78 is 16.3. The predicted octanol–water partition coefficient (Wildman–Crippen LogP) is 1.48. The molecule has 1 N–H and O–H groups in total. The van der Waals surface area contributed by atoms with E-state index in [1.165, 1.54) is 0 Å². The maximum absolute atomic E-state index is 11.8. The van der Waals surface area contributed by atoms with Gasteiger partial charge in [-0.1, -0.05) is 0 Å². The Hall–Kier alpha value is -1.33. The molecule has 0 bridgehead atoms. The van der Waals surface area contributed by atoms with Gasteiger partial charge in [0.2, 0.25) is 5.91 Å². The zero-order valence-electron chi connectivity index (χ0n) is 10.9. The molecule has 1 saturated heterocycles. The van der Waals surface area contributed by atoms with Crippen LogP contribution in [-0.4, -0.2) is 30.4 Å². The Bertz CT molecular complexity index is 399. The first-order valence-corrected chi connectivity index (χ1v) is 6.10. The molecule has 2 atom stereocenters. The first kappa shape index (κ1) is 13.1. The van der Waals surface area contributed by atoms with E-state index in [-0.39, 0.29) is 24.5 Å². The van der Waals surface area contributed by atoms with Crippen LogP contribution in [0, 0.1) is 0 Å². The molecule has 0 radical (unpaired) electrons. The maximum atomic E-state index is 11.8. The van der Waals surface area contributed by atoms with Crippen molar-refractivity contribution in [3.05, 3.63) is 24.2 Å². The van der Waals surface area contributed by atoms with Gasteiger partial charge in [0.25, 0.3) is 0 Å². The molecule has 2 rings (SSSR count). The second-order valence-corrected chi connectivity index (χ2v) is 4.98. The Balaban J connectivity index is 1.81. The van der Waals surface area contributed by atoms with Crippen molar-refractivity contribution in [2.24, 2.45) is 0 Å². The monoisotopic (exact) mass is 253 g/mol. The van der Waals surface area contributed by atoms with Crippen LogP contribution in [-0.2, 0) is 20.7 Å². The lowest BCUT2D eigenvalue weighted by molar-refractivity contribution is -0.143. The maximum Gasteiger partial charge on any atom is 0.227 e. The molecule has 5 heteroatoms. The fourth-order valence-corrected chi connectivity index (χ4v) is 1.93. The van der Waals surface area contributed by atoms with E-state index in [0.29, 0.717) is 12.4 Å². The molecule has 0 aromatic carbocycles. The molecule has 5 nitrogen and oxygen atoms in total. The van der Waals surface area contributed by atoms with Crippen LogP contribution >= 0.6 is 0 Å². The van der Waals surface area contributed by atoms with Crippen LogP contribution in [0.3, 0.4) is 0 Å². The first-order chi connectivity index (χ1) is 8.46. The molecule has 1 amide bonds. The van der Waals surface area contributed by atoms with Crippen LogP contribution in [0.15, 0.2) is 22.8 Å². The van der Waals surface area contributed by atoms with Gasteiger partial charge >= 0.3 is 0 Å². The summed E-state index contributed by atoms with van der Waals surface area (Å²) in [7, 11) is 0.